The highest BCUT2D eigenvalue weighted by Crippen LogP contribution is 2.21. The topological polar surface area (TPSA) is 55.0 Å². The van der Waals surface area contributed by atoms with E-state index in [0.29, 0.717) is 0 Å². The summed E-state index contributed by atoms with van der Waals surface area (Å²) in [4.78, 5) is 2.00. The second kappa shape index (κ2) is 6.12. The monoisotopic (exact) mass is 320 g/mol. The maximum atomic E-state index is 5.77. The largest absolute Gasteiger partial charge is 0.357 e. The van der Waals surface area contributed by atoms with Gasteiger partial charge in [-0.15, -0.1) is 10.2 Å². The molecule has 5 heteroatoms. The molecular weight excluding hydrogens is 304 g/mol. The number of hydrogen-bond acceptors (Lipinski definition) is 4. The Morgan fingerprint density at radius 2 is 2.05 bits per heavy atom. The van der Waals surface area contributed by atoms with Crippen molar-refractivity contribution in [3.8, 4) is 11.3 Å². The Bertz CT molecular complexity index is 539. The van der Waals surface area contributed by atoms with E-state index in [1.54, 1.807) is 0 Å². The van der Waals surface area contributed by atoms with Crippen LogP contribution in [0, 0.1) is 0 Å². The molecule has 1 atom stereocenters. The average Bonchev–Trinajstić information content (AvgIpc) is 2.38. The molecule has 100 valence electrons. The van der Waals surface area contributed by atoms with Crippen molar-refractivity contribution in [1.29, 1.82) is 0 Å². The van der Waals surface area contributed by atoms with E-state index in [-0.39, 0.29) is 6.04 Å². The second-order valence-corrected chi connectivity index (χ2v) is 5.56. The number of nitrogens with two attached hydrogens (primary N) is 1. The zero-order valence-electron chi connectivity index (χ0n) is 11.0. The van der Waals surface area contributed by atoms with Gasteiger partial charge in [0.25, 0.3) is 0 Å². The van der Waals surface area contributed by atoms with Gasteiger partial charge in [0.2, 0.25) is 0 Å². The molecule has 19 heavy (non-hydrogen) atoms. The minimum Gasteiger partial charge on any atom is -0.357 e. The first-order valence-electron chi connectivity index (χ1n) is 6.12. The molecule has 0 saturated heterocycles. The molecule has 0 fully saturated rings. The van der Waals surface area contributed by atoms with Gasteiger partial charge < -0.3 is 10.6 Å². The first-order chi connectivity index (χ1) is 9.06. The summed E-state index contributed by atoms with van der Waals surface area (Å²) < 4.78 is 1.03. The second-order valence-electron chi connectivity index (χ2n) is 4.64. The van der Waals surface area contributed by atoms with Gasteiger partial charge in [-0.25, -0.2) is 0 Å². The predicted octanol–water partition coefficient (Wildman–Crippen LogP) is 2.69. The predicted molar refractivity (Wildman–Crippen MR) is 82.1 cm³/mol. The van der Waals surface area contributed by atoms with Gasteiger partial charge in [-0.2, -0.15) is 0 Å². The number of hydrogen-bond donors (Lipinski definition) is 1. The number of nitrogens with zero attached hydrogens (tertiary/aromatic N) is 3. The van der Waals surface area contributed by atoms with Crippen LogP contribution < -0.4 is 10.6 Å². The average molecular weight is 321 g/mol. The molecular formula is C14H17BrN4. The molecule has 2 N–H and O–H groups in total. The van der Waals surface area contributed by atoms with Gasteiger partial charge in [-0.05, 0) is 31.2 Å². The fraction of sp³-hybridized carbons (Fsp3) is 0.286. The lowest BCUT2D eigenvalue weighted by Gasteiger charge is -2.19. The molecule has 4 nitrogen and oxygen atoms in total. The highest BCUT2D eigenvalue weighted by molar-refractivity contribution is 9.10. The van der Waals surface area contributed by atoms with Gasteiger partial charge in [0.15, 0.2) is 5.82 Å². The van der Waals surface area contributed by atoms with Crippen molar-refractivity contribution in [3.63, 3.8) is 0 Å². The molecule has 0 saturated carbocycles. The van der Waals surface area contributed by atoms with E-state index in [1.165, 1.54) is 0 Å². The van der Waals surface area contributed by atoms with Crippen molar-refractivity contribution in [2.45, 2.75) is 13.0 Å². The molecule has 1 heterocycles. The summed E-state index contributed by atoms with van der Waals surface area (Å²) in [6.45, 7) is 2.73. The SMILES string of the molecule is CC(N)CN(C)c1ccc(-c2cccc(Br)c2)nn1. The fourth-order valence-corrected chi connectivity index (χ4v) is 2.26. The van der Waals surface area contributed by atoms with Crippen molar-refractivity contribution in [2.75, 3.05) is 18.5 Å². The summed E-state index contributed by atoms with van der Waals surface area (Å²) in [5, 5.41) is 8.51. The van der Waals surface area contributed by atoms with Crippen molar-refractivity contribution in [1.82, 2.24) is 10.2 Å². The van der Waals surface area contributed by atoms with Crippen LogP contribution >= 0.6 is 15.9 Å². The third-order valence-electron chi connectivity index (χ3n) is 2.72. The first-order valence-corrected chi connectivity index (χ1v) is 6.92. The normalized spacial score (nSPS) is 12.2. The molecule has 0 aliphatic rings. The van der Waals surface area contributed by atoms with E-state index < -0.39 is 0 Å². The van der Waals surface area contributed by atoms with Gasteiger partial charge in [0.1, 0.15) is 0 Å². The lowest BCUT2D eigenvalue weighted by molar-refractivity contribution is 0.708. The van der Waals surface area contributed by atoms with E-state index in [2.05, 4.69) is 26.1 Å². The Morgan fingerprint density at radius 1 is 1.26 bits per heavy atom. The van der Waals surface area contributed by atoms with E-state index in [4.69, 9.17) is 5.73 Å². The molecule has 0 aliphatic carbocycles. The molecule has 1 aromatic carbocycles. The lowest BCUT2D eigenvalue weighted by atomic mass is 10.1. The zero-order chi connectivity index (χ0) is 13.8. The first kappa shape index (κ1) is 14.0. The van der Waals surface area contributed by atoms with Gasteiger partial charge in [-0.1, -0.05) is 28.1 Å². The Kier molecular flexibility index (Phi) is 4.50. The van der Waals surface area contributed by atoms with Crippen molar-refractivity contribution in [3.05, 3.63) is 40.9 Å². The summed E-state index contributed by atoms with van der Waals surface area (Å²) in [7, 11) is 1.96. The number of benzene rings is 1. The Labute approximate surface area is 121 Å². The summed E-state index contributed by atoms with van der Waals surface area (Å²) in [5.74, 6) is 0.830. The van der Waals surface area contributed by atoms with E-state index in [9.17, 15) is 0 Å². The summed E-state index contributed by atoms with van der Waals surface area (Å²) in [6, 6.07) is 12.1. The maximum Gasteiger partial charge on any atom is 0.151 e. The molecule has 0 bridgehead atoms. The number of anilines is 1. The highest BCUT2D eigenvalue weighted by Gasteiger charge is 2.07. The minimum atomic E-state index is 0.108. The van der Waals surface area contributed by atoms with Crippen LogP contribution in [0.15, 0.2) is 40.9 Å². The number of rotatable bonds is 4. The molecule has 0 radical (unpaired) electrons. The molecule has 0 aliphatic heterocycles. The van der Waals surface area contributed by atoms with E-state index >= 15 is 0 Å². The van der Waals surface area contributed by atoms with Gasteiger partial charge >= 0.3 is 0 Å². The van der Waals surface area contributed by atoms with Crippen molar-refractivity contribution in [2.24, 2.45) is 5.73 Å². The zero-order valence-corrected chi connectivity index (χ0v) is 12.6. The molecule has 0 amide bonds. The van der Waals surface area contributed by atoms with Crippen LogP contribution in [0.3, 0.4) is 0 Å². The number of aromatic nitrogens is 2. The Balaban J connectivity index is 2.19. The molecule has 1 aromatic heterocycles. The number of halogens is 1. The van der Waals surface area contributed by atoms with Crippen LogP contribution in [0.4, 0.5) is 5.82 Å². The van der Waals surface area contributed by atoms with Gasteiger partial charge in [0.05, 0.1) is 5.69 Å². The smallest absolute Gasteiger partial charge is 0.151 e. The third kappa shape index (κ3) is 3.75. The molecule has 2 rings (SSSR count). The number of likely N-dealkylation sites (N-methyl/N-ethyl adjacent to an activating group) is 1. The quantitative estimate of drug-likeness (QED) is 0.941. The van der Waals surface area contributed by atoms with Crippen molar-refractivity contribution >= 4 is 21.7 Å². The van der Waals surface area contributed by atoms with Crippen LogP contribution in [0.1, 0.15) is 6.92 Å². The van der Waals surface area contributed by atoms with Gasteiger partial charge in [-0.3, -0.25) is 0 Å². The van der Waals surface area contributed by atoms with Crippen LogP contribution in [-0.2, 0) is 0 Å². The van der Waals surface area contributed by atoms with Gasteiger partial charge in [0, 0.05) is 29.7 Å². The molecule has 0 spiro atoms. The highest BCUT2D eigenvalue weighted by atomic mass is 79.9. The third-order valence-corrected chi connectivity index (χ3v) is 3.22. The van der Waals surface area contributed by atoms with Crippen LogP contribution in [0.25, 0.3) is 11.3 Å². The van der Waals surface area contributed by atoms with Crippen LogP contribution in [0.2, 0.25) is 0 Å². The molecule has 2 aromatic rings. The van der Waals surface area contributed by atoms with E-state index in [0.717, 1.165) is 28.1 Å². The minimum absolute atomic E-state index is 0.108. The lowest BCUT2D eigenvalue weighted by Crippen LogP contribution is -2.33. The Morgan fingerprint density at radius 3 is 2.63 bits per heavy atom. The Hall–Kier alpha value is -1.46. The fourth-order valence-electron chi connectivity index (χ4n) is 1.86. The van der Waals surface area contributed by atoms with Crippen LogP contribution in [-0.4, -0.2) is 29.8 Å². The van der Waals surface area contributed by atoms with Crippen molar-refractivity contribution < 1.29 is 0 Å². The molecule has 1 unspecified atom stereocenters. The summed E-state index contributed by atoms with van der Waals surface area (Å²) >= 11 is 3.45. The summed E-state index contributed by atoms with van der Waals surface area (Å²) in [5.41, 5.74) is 7.68. The standard InChI is InChI=1S/C14H17BrN4/c1-10(16)9-19(2)14-7-6-13(17-18-14)11-4-3-5-12(15)8-11/h3-8,10H,9,16H2,1-2H3. The summed E-state index contributed by atoms with van der Waals surface area (Å²) in [6.07, 6.45) is 0. The maximum absolute atomic E-state index is 5.77. The van der Waals surface area contributed by atoms with E-state index in [1.807, 2.05) is 55.3 Å². The van der Waals surface area contributed by atoms with Crippen LogP contribution in [0.5, 0.6) is 0 Å².